The number of carbonyl (C=O) groups is 8. The van der Waals surface area contributed by atoms with Crippen LogP contribution in [-0.2, 0) is 75.3 Å². The van der Waals surface area contributed by atoms with Gasteiger partial charge in [0.05, 0.1) is 30.6 Å². The Morgan fingerprint density at radius 2 is 1.34 bits per heavy atom. The summed E-state index contributed by atoms with van der Waals surface area (Å²) >= 11 is 0. The molecule has 1 aliphatic heterocycles. The van der Waals surface area contributed by atoms with E-state index in [0.29, 0.717) is 48.3 Å². The lowest BCUT2D eigenvalue weighted by Crippen LogP contribution is -2.62. The van der Waals surface area contributed by atoms with Gasteiger partial charge >= 0.3 is 0 Å². The smallest absolute Gasteiger partial charge is 0.245 e. The molecular formula is C70H99N13O12S2. The zero-order chi connectivity index (χ0) is 69.1. The van der Waals surface area contributed by atoms with Crippen LogP contribution in [-0.4, -0.2) is 174 Å². The predicted molar refractivity (Wildman–Crippen MR) is 372 cm³/mol. The molecule has 5 aromatic rings. The number of rotatable bonds is 28. The van der Waals surface area contributed by atoms with Crippen LogP contribution < -0.4 is 48.3 Å². The summed E-state index contributed by atoms with van der Waals surface area (Å²) in [6.45, 7) is 2.49. The monoisotopic (exact) mass is 1380 g/mol. The number of carbonyl (C=O) groups excluding carboxylic acids is 8. The summed E-state index contributed by atoms with van der Waals surface area (Å²) in [7, 11) is 2.01. The van der Waals surface area contributed by atoms with Gasteiger partial charge in [0, 0.05) is 54.5 Å². The number of aromatic amines is 1. The van der Waals surface area contributed by atoms with Crippen LogP contribution in [0.5, 0.6) is 0 Å². The normalized spacial score (nSPS) is 22.6. The second-order valence-corrected chi connectivity index (χ2v) is 28.4. The number of nitrogens with one attached hydrogen (secondary N) is 9. The van der Waals surface area contributed by atoms with Crippen molar-refractivity contribution in [3.63, 3.8) is 0 Å². The Balaban J connectivity index is 1.09. The molecule has 14 N–H and O–H groups in total. The minimum atomic E-state index is -1.71. The summed E-state index contributed by atoms with van der Waals surface area (Å²) in [5, 5.41) is 63.5. The number of amides is 8. The van der Waals surface area contributed by atoms with Crippen LogP contribution in [0.3, 0.4) is 0 Å². The van der Waals surface area contributed by atoms with Crippen molar-refractivity contribution >= 4 is 79.7 Å². The highest BCUT2D eigenvalue weighted by Crippen LogP contribution is 2.32. The van der Waals surface area contributed by atoms with E-state index in [2.05, 4.69) is 57.8 Å². The van der Waals surface area contributed by atoms with E-state index in [1.54, 1.807) is 65.5 Å². The summed E-state index contributed by atoms with van der Waals surface area (Å²) in [6, 6.07) is 13.9. The van der Waals surface area contributed by atoms with E-state index in [0.717, 1.165) is 82.6 Å². The van der Waals surface area contributed by atoms with Crippen molar-refractivity contribution in [2.45, 2.75) is 215 Å². The second-order valence-electron chi connectivity index (χ2n) is 25.9. The quantitative estimate of drug-likeness (QED) is 0.0249. The molecule has 0 radical (unpaired) electrons. The van der Waals surface area contributed by atoms with E-state index in [9.17, 15) is 39.3 Å². The van der Waals surface area contributed by atoms with Crippen LogP contribution in [0, 0.1) is 5.92 Å². The lowest BCUT2D eigenvalue weighted by Gasteiger charge is -2.29. The zero-order valence-electron chi connectivity index (χ0n) is 55.7. The number of hydrogen-bond donors (Lipinski definition) is 13. The maximum atomic E-state index is 15.3. The molecule has 2 aliphatic carbocycles. The number of nitrogens with two attached hydrogens (primary N) is 1. The number of aliphatic hydroxyl groups is 3. The molecule has 27 heteroatoms. The van der Waals surface area contributed by atoms with Gasteiger partial charge in [0.15, 0.2) is 0 Å². The molecule has 97 heavy (non-hydrogen) atoms. The number of benzene rings is 3. The van der Waals surface area contributed by atoms with Gasteiger partial charge in [-0.15, -0.1) is 5.10 Å². The Morgan fingerprint density at radius 1 is 0.691 bits per heavy atom. The van der Waals surface area contributed by atoms with Gasteiger partial charge in [0.25, 0.3) is 0 Å². The number of aliphatic hydroxyl groups excluding tert-OH is 3. The van der Waals surface area contributed by atoms with Crippen LogP contribution in [0.4, 0.5) is 0 Å². The molecule has 1 saturated heterocycles. The maximum Gasteiger partial charge on any atom is 0.245 e. The molecule has 528 valence electrons. The number of nitrogens with zero attached hydrogens (tertiary/aromatic N) is 3. The molecule has 3 aromatic carbocycles. The standard InChI is InChI=1S/C70H99N13O12S2/c1-44(85)56(41-84)77-69(93)58-43-97-96-42-57(78-65(89)53(36-47-25-9-5-10-26-47)73-61(87)40-83-59-32-13-7-14-33-60(63(59)81-82-83)95-35-21-4-3-8-22-46-23-15-16-24-46)68(92)75-54(37-48-27-11-6-12-28-48)66(90)76-55(38-49-39-72-51-30-18-17-29-50(49)51)67(91)74-52(31-19-20-34-71)64(88)80-62(45(2)86)70(94)79-58/h5-6,9-12,17-18,25-30,39,44-46,52-58,60,62,72,84-86H,3-4,7-8,13-16,19-24,31-38,40-43,71H2,1-2H3,(H,73,87)(H,74,91)(H,75,92)(H,76,90)(H,77,93)(H,78,89)(H,79,94)(H,80,88). The van der Waals surface area contributed by atoms with Gasteiger partial charge in [-0.05, 0) is 94.0 Å². The molecule has 1 saturated carbocycles. The highest BCUT2D eigenvalue weighted by atomic mass is 33.1. The topological polar surface area (TPSA) is 375 Å². The Labute approximate surface area is 575 Å². The fourth-order valence-corrected chi connectivity index (χ4v) is 15.0. The summed E-state index contributed by atoms with van der Waals surface area (Å²) in [5.41, 5.74) is 10.1. The average molecular weight is 1380 g/mol. The van der Waals surface area contributed by atoms with Crippen molar-refractivity contribution in [2.75, 3.05) is 31.3 Å². The molecule has 8 rings (SSSR count). The number of para-hydroxylation sites is 1. The number of hydrogen-bond acceptors (Lipinski definition) is 17. The summed E-state index contributed by atoms with van der Waals surface area (Å²) in [5.74, 6) is -6.13. The van der Waals surface area contributed by atoms with Crippen LogP contribution in [0.2, 0.25) is 0 Å². The molecule has 2 fully saturated rings. The van der Waals surface area contributed by atoms with Crippen molar-refractivity contribution in [1.29, 1.82) is 0 Å². The highest BCUT2D eigenvalue weighted by Gasteiger charge is 2.38. The third-order valence-corrected chi connectivity index (χ3v) is 20.7. The van der Waals surface area contributed by atoms with Gasteiger partial charge in [-0.3, -0.25) is 38.4 Å². The molecular weight excluding hydrogens is 1280 g/mol. The number of aromatic nitrogens is 4. The number of ether oxygens (including phenoxy) is 1. The van der Waals surface area contributed by atoms with E-state index in [1.807, 2.05) is 30.3 Å². The van der Waals surface area contributed by atoms with Gasteiger partial charge in [-0.1, -0.05) is 170 Å². The molecule has 25 nitrogen and oxygen atoms in total. The number of unbranched alkanes of at least 4 members (excludes halogenated alkanes) is 4. The molecule has 0 spiro atoms. The molecule has 11 unspecified atom stereocenters. The lowest BCUT2D eigenvalue weighted by atomic mass is 9.98. The van der Waals surface area contributed by atoms with Crippen LogP contribution in [0.15, 0.2) is 91.1 Å². The van der Waals surface area contributed by atoms with Crippen LogP contribution in [0.25, 0.3) is 10.9 Å². The SMILES string of the molecule is CC(O)C(CO)NC(=O)C1CSSCC(NC(=O)C(Cc2ccccc2)NC(=O)Cn2nnc3c2CCCCCC3OCCCCCCC2CCCC2)C(=O)NC(Cc2ccccc2)C(=O)NC(Cc2c[nH]c3ccccc23)C(=O)NC(CCCCN)C(=O)NC(C(C)O)C(=O)N1. The predicted octanol–water partition coefficient (Wildman–Crippen LogP) is 3.96. The highest BCUT2D eigenvalue weighted by molar-refractivity contribution is 8.76. The van der Waals surface area contributed by atoms with E-state index < -0.39 is 114 Å². The van der Waals surface area contributed by atoms with Crippen molar-refractivity contribution in [3.8, 4) is 0 Å². The molecule has 0 bridgehead atoms. The third kappa shape index (κ3) is 23.4. The zero-order valence-corrected chi connectivity index (χ0v) is 57.4. The van der Waals surface area contributed by atoms with E-state index in [4.69, 9.17) is 10.5 Å². The molecule has 3 aliphatic rings. The first kappa shape index (κ1) is 75.4. The maximum absolute atomic E-state index is 15.3. The van der Waals surface area contributed by atoms with Crippen LogP contribution >= 0.6 is 21.6 Å². The van der Waals surface area contributed by atoms with Crippen molar-refractivity contribution in [1.82, 2.24) is 62.5 Å². The molecule has 11 atom stereocenters. The minimum absolute atomic E-state index is 0.00709. The molecule has 2 aromatic heterocycles. The minimum Gasteiger partial charge on any atom is -0.394 e. The summed E-state index contributed by atoms with van der Waals surface area (Å²) in [4.78, 5) is 121. The van der Waals surface area contributed by atoms with Gasteiger partial charge in [0.1, 0.15) is 60.6 Å². The fraction of sp³-hybridized carbons (Fsp3) is 0.571. The summed E-state index contributed by atoms with van der Waals surface area (Å²) < 4.78 is 8.08. The third-order valence-electron chi connectivity index (χ3n) is 18.3. The van der Waals surface area contributed by atoms with Gasteiger partial charge < -0.3 is 73.3 Å². The van der Waals surface area contributed by atoms with E-state index in [1.165, 1.54) is 58.8 Å². The lowest BCUT2D eigenvalue weighted by molar-refractivity contribution is -0.136. The first-order valence-electron chi connectivity index (χ1n) is 34.5. The Morgan fingerprint density at radius 3 is 2.06 bits per heavy atom. The number of fused-ring (bicyclic) bond motifs is 2. The first-order chi connectivity index (χ1) is 47.0. The van der Waals surface area contributed by atoms with Crippen molar-refractivity contribution in [3.05, 3.63) is 119 Å². The van der Waals surface area contributed by atoms with Gasteiger partial charge in [0.2, 0.25) is 47.3 Å². The summed E-state index contributed by atoms with van der Waals surface area (Å²) in [6.07, 6.45) is 14.5. The Hall–Kier alpha value is -7.40. The van der Waals surface area contributed by atoms with Gasteiger partial charge in [-0.25, -0.2) is 4.68 Å². The Bertz CT molecular complexity index is 3330. The largest absolute Gasteiger partial charge is 0.394 e. The fourth-order valence-electron chi connectivity index (χ4n) is 12.7. The van der Waals surface area contributed by atoms with Crippen LogP contribution in [0.1, 0.15) is 151 Å². The Kier molecular flexibility index (Phi) is 30.5. The first-order valence-corrected chi connectivity index (χ1v) is 37.0. The molecule has 3 heterocycles. The molecule has 8 amide bonds. The second kappa shape index (κ2) is 39.3. The number of H-pyrrole nitrogens is 1. The van der Waals surface area contributed by atoms with E-state index >= 15 is 14.4 Å². The van der Waals surface area contributed by atoms with Crippen molar-refractivity contribution in [2.24, 2.45) is 11.7 Å². The van der Waals surface area contributed by atoms with Crippen molar-refractivity contribution < 1.29 is 58.4 Å². The average Bonchev–Trinajstić information content (AvgIpc) is 1.78. The van der Waals surface area contributed by atoms with E-state index in [-0.39, 0.29) is 56.4 Å². The van der Waals surface area contributed by atoms with Gasteiger partial charge in [-0.2, -0.15) is 0 Å².